The molecular formula is C17H24FN3O2. The molecule has 3 rings (SSSR count). The van der Waals surface area contributed by atoms with E-state index in [1.54, 1.807) is 26.1 Å². The van der Waals surface area contributed by atoms with Gasteiger partial charge in [0.05, 0.1) is 17.9 Å². The molecule has 126 valence electrons. The first-order valence-corrected chi connectivity index (χ1v) is 8.13. The van der Waals surface area contributed by atoms with Crippen LogP contribution in [0.1, 0.15) is 26.7 Å². The largest absolute Gasteiger partial charge is 0.369 e. The lowest BCUT2D eigenvalue weighted by Crippen LogP contribution is -2.50. The first-order chi connectivity index (χ1) is 10.9. The maximum absolute atomic E-state index is 14.0. The molecular weight excluding hydrogens is 297 g/mol. The third-order valence-electron chi connectivity index (χ3n) is 5.06. The van der Waals surface area contributed by atoms with E-state index in [1.807, 2.05) is 4.90 Å². The minimum atomic E-state index is -0.858. The van der Waals surface area contributed by atoms with Crippen LogP contribution >= 0.6 is 0 Å². The van der Waals surface area contributed by atoms with Crippen molar-refractivity contribution in [3.8, 4) is 0 Å². The fraction of sp³-hybridized carbons (Fsp3) is 0.647. The molecule has 1 aromatic heterocycles. The lowest BCUT2D eigenvalue weighted by Gasteiger charge is -2.26. The zero-order valence-corrected chi connectivity index (χ0v) is 13.9. The minimum absolute atomic E-state index is 0.0250. The van der Waals surface area contributed by atoms with Gasteiger partial charge in [-0.1, -0.05) is 0 Å². The topological polar surface area (TPSA) is 54.5 Å². The van der Waals surface area contributed by atoms with E-state index >= 15 is 0 Å². The van der Waals surface area contributed by atoms with E-state index in [0.717, 1.165) is 6.54 Å². The summed E-state index contributed by atoms with van der Waals surface area (Å²) < 4.78 is 19.3. The van der Waals surface area contributed by atoms with Crippen molar-refractivity contribution in [2.45, 2.75) is 38.3 Å². The van der Waals surface area contributed by atoms with Gasteiger partial charge in [0.1, 0.15) is 5.60 Å². The summed E-state index contributed by atoms with van der Waals surface area (Å²) >= 11 is 0. The maximum atomic E-state index is 14.0. The molecule has 2 fully saturated rings. The Balaban J connectivity index is 1.75. The zero-order chi connectivity index (χ0) is 16.6. The van der Waals surface area contributed by atoms with Crippen molar-refractivity contribution in [2.75, 3.05) is 25.1 Å². The number of aromatic nitrogens is 1. The van der Waals surface area contributed by atoms with E-state index in [0.29, 0.717) is 24.1 Å². The molecule has 0 aromatic carbocycles. The predicted molar refractivity (Wildman–Crippen MR) is 85.6 cm³/mol. The number of hydrogen-bond acceptors (Lipinski definition) is 4. The summed E-state index contributed by atoms with van der Waals surface area (Å²) in [5.74, 6) is 0.555. The SMILES string of the molecule is COC(C)(C)C(=O)N[C@H]1CN(c2ccncc2F)C[C@@H]1C1CC1. The fourth-order valence-corrected chi connectivity index (χ4v) is 3.24. The monoisotopic (exact) mass is 321 g/mol. The van der Waals surface area contributed by atoms with E-state index in [4.69, 9.17) is 4.74 Å². The van der Waals surface area contributed by atoms with Crippen molar-refractivity contribution in [3.63, 3.8) is 0 Å². The van der Waals surface area contributed by atoms with Gasteiger partial charge in [0.25, 0.3) is 5.91 Å². The summed E-state index contributed by atoms with van der Waals surface area (Å²) in [6.45, 7) is 4.89. The Hall–Kier alpha value is -1.69. The molecule has 1 saturated carbocycles. The van der Waals surface area contributed by atoms with Crippen LogP contribution in [0, 0.1) is 17.7 Å². The summed E-state index contributed by atoms with van der Waals surface area (Å²) in [6, 6.07) is 1.72. The van der Waals surface area contributed by atoms with Crippen LogP contribution < -0.4 is 10.2 Å². The Bertz CT molecular complexity index is 589. The van der Waals surface area contributed by atoms with Crippen LogP contribution in [0.3, 0.4) is 0 Å². The number of methoxy groups -OCH3 is 1. The normalized spacial score (nSPS) is 24.8. The van der Waals surface area contributed by atoms with Gasteiger partial charge in [-0.05, 0) is 38.7 Å². The number of nitrogens with zero attached hydrogens (tertiary/aromatic N) is 2. The van der Waals surface area contributed by atoms with Crippen LogP contribution in [-0.4, -0.2) is 42.7 Å². The highest BCUT2D eigenvalue weighted by Gasteiger charge is 2.44. The molecule has 0 spiro atoms. The molecule has 0 bridgehead atoms. The van der Waals surface area contributed by atoms with Crippen molar-refractivity contribution in [1.29, 1.82) is 0 Å². The summed E-state index contributed by atoms with van der Waals surface area (Å²) in [6.07, 6.45) is 5.22. The molecule has 1 saturated heterocycles. The van der Waals surface area contributed by atoms with E-state index in [-0.39, 0.29) is 17.8 Å². The standard InChI is InChI=1S/C17H24FN3O2/c1-17(2,23-3)16(22)20-14-10-21(9-12(14)11-4-5-11)15-6-7-19-8-13(15)18/h6-8,11-12,14H,4-5,9-10H2,1-3H3,(H,20,22)/t12-,14+/m1/s1. The van der Waals surface area contributed by atoms with Crippen LogP contribution in [0.2, 0.25) is 0 Å². The summed E-state index contributed by atoms with van der Waals surface area (Å²) in [5.41, 5.74) is -0.294. The summed E-state index contributed by atoms with van der Waals surface area (Å²) in [5, 5.41) is 3.12. The highest BCUT2D eigenvalue weighted by atomic mass is 19.1. The van der Waals surface area contributed by atoms with Crippen LogP contribution in [0.5, 0.6) is 0 Å². The second kappa shape index (κ2) is 6.07. The molecule has 1 amide bonds. The number of nitrogens with one attached hydrogen (secondary N) is 1. The molecule has 1 aromatic rings. The average molecular weight is 321 g/mol. The number of carbonyl (C=O) groups is 1. The second-order valence-corrected chi connectivity index (χ2v) is 7.03. The third kappa shape index (κ3) is 3.32. The Morgan fingerprint density at radius 1 is 1.43 bits per heavy atom. The number of carbonyl (C=O) groups excluding carboxylic acids is 1. The molecule has 2 heterocycles. The van der Waals surface area contributed by atoms with Gasteiger partial charge in [-0.2, -0.15) is 0 Å². The molecule has 1 N–H and O–H groups in total. The predicted octanol–water partition coefficient (Wildman–Crippen LogP) is 1.98. The molecule has 2 atom stereocenters. The lowest BCUT2D eigenvalue weighted by molar-refractivity contribution is -0.140. The Kier molecular flexibility index (Phi) is 4.27. The van der Waals surface area contributed by atoms with Gasteiger partial charge in [-0.3, -0.25) is 9.78 Å². The average Bonchev–Trinajstić information content (AvgIpc) is 3.29. The van der Waals surface area contributed by atoms with Crippen LogP contribution in [0.15, 0.2) is 18.5 Å². The smallest absolute Gasteiger partial charge is 0.251 e. The molecule has 1 aliphatic heterocycles. The zero-order valence-electron chi connectivity index (χ0n) is 13.9. The Morgan fingerprint density at radius 2 is 2.17 bits per heavy atom. The van der Waals surface area contributed by atoms with Crippen LogP contribution in [-0.2, 0) is 9.53 Å². The minimum Gasteiger partial charge on any atom is -0.369 e. The number of amides is 1. The summed E-state index contributed by atoms with van der Waals surface area (Å²) in [4.78, 5) is 18.2. The van der Waals surface area contributed by atoms with Gasteiger partial charge >= 0.3 is 0 Å². The van der Waals surface area contributed by atoms with Crippen molar-refractivity contribution in [3.05, 3.63) is 24.3 Å². The van der Waals surface area contributed by atoms with Crippen molar-refractivity contribution in [2.24, 2.45) is 11.8 Å². The lowest BCUT2D eigenvalue weighted by atomic mass is 9.97. The quantitative estimate of drug-likeness (QED) is 0.901. The molecule has 6 heteroatoms. The molecule has 0 unspecified atom stereocenters. The van der Waals surface area contributed by atoms with Gasteiger partial charge in [0.2, 0.25) is 0 Å². The highest BCUT2D eigenvalue weighted by molar-refractivity contribution is 5.84. The first-order valence-electron chi connectivity index (χ1n) is 8.13. The highest BCUT2D eigenvalue weighted by Crippen LogP contribution is 2.42. The fourth-order valence-electron chi connectivity index (χ4n) is 3.24. The van der Waals surface area contributed by atoms with Gasteiger partial charge in [-0.15, -0.1) is 0 Å². The van der Waals surface area contributed by atoms with Gasteiger partial charge in [0, 0.05) is 32.3 Å². The maximum Gasteiger partial charge on any atom is 0.251 e. The van der Waals surface area contributed by atoms with Crippen molar-refractivity contribution in [1.82, 2.24) is 10.3 Å². The molecule has 0 radical (unpaired) electrons. The summed E-state index contributed by atoms with van der Waals surface area (Å²) in [7, 11) is 1.53. The van der Waals surface area contributed by atoms with E-state index in [1.165, 1.54) is 26.1 Å². The van der Waals surface area contributed by atoms with E-state index in [9.17, 15) is 9.18 Å². The molecule has 5 nitrogen and oxygen atoms in total. The molecule has 2 aliphatic rings. The van der Waals surface area contributed by atoms with Crippen LogP contribution in [0.25, 0.3) is 0 Å². The Labute approximate surface area is 136 Å². The second-order valence-electron chi connectivity index (χ2n) is 7.03. The molecule has 1 aliphatic carbocycles. The number of pyridine rings is 1. The number of hydrogen-bond donors (Lipinski definition) is 1. The number of ether oxygens (including phenoxy) is 1. The van der Waals surface area contributed by atoms with Crippen molar-refractivity contribution < 1.29 is 13.9 Å². The first kappa shape index (κ1) is 16.2. The van der Waals surface area contributed by atoms with Crippen molar-refractivity contribution >= 4 is 11.6 Å². The van der Waals surface area contributed by atoms with Gasteiger partial charge < -0.3 is 15.0 Å². The Morgan fingerprint density at radius 3 is 2.78 bits per heavy atom. The van der Waals surface area contributed by atoms with E-state index < -0.39 is 5.60 Å². The number of rotatable bonds is 5. The van der Waals surface area contributed by atoms with Gasteiger partial charge in [-0.25, -0.2) is 4.39 Å². The van der Waals surface area contributed by atoms with Gasteiger partial charge in [0.15, 0.2) is 5.82 Å². The van der Waals surface area contributed by atoms with Crippen LogP contribution in [0.4, 0.5) is 10.1 Å². The number of halogens is 1. The third-order valence-corrected chi connectivity index (χ3v) is 5.06. The number of anilines is 1. The van der Waals surface area contributed by atoms with E-state index in [2.05, 4.69) is 10.3 Å². The molecule has 23 heavy (non-hydrogen) atoms.